The highest BCUT2D eigenvalue weighted by atomic mass is 35.5. The van der Waals surface area contributed by atoms with Crippen LogP contribution in [-0.4, -0.2) is 49.0 Å². The lowest BCUT2D eigenvalue weighted by atomic mass is 9.61. The van der Waals surface area contributed by atoms with Crippen molar-refractivity contribution in [1.29, 1.82) is 0 Å². The number of nitrogens with one attached hydrogen (secondary N) is 1. The number of aldehydes is 1. The summed E-state index contributed by atoms with van der Waals surface area (Å²) in [7, 11) is 1.50. The quantitative estimate of drug-likeness (QED) is 0.315. The number of benzene rings is 1. The lowest BCUT2D eigenvalue weighted by Gasteiger charge is -2.58. The summed E-state index contributed by atoms with van der Waals surface area (Å²) in [5, 5.41) is 0.479. The van der Waals surface area contributed by atoms with E-state index in [2.05, 4.69) is 28.0 Å². The standard InChI is InChI=1S/C23H29ClN4O2.CH5N/c1-15-11-26-22(27-25)8-17(15)4-3-7-28-13-23(14-28)9-18(10-23)30-21-6-5-20(24)19(12-29)16(21)2;1-2/h5-6,8,11-12,18H,3-4,7,9-10,13-14,25H2,1-2H3,(H,26,27);2H2,1H3. The minimum absolute atomic E-state index is 0.230. The van der Waals surface area contributed by atoms with E-state index < -0.39 is 0 Å². The fourth-order valence-corrected chi connectivity index (χ4v) is 5.09. The number of nitrogen functional groups attached to an aromatic ring is 1. The van der Waals surface area contributed by atoms with Crippen molar-refractivity contribution in [3.63, 3.8) is 0 Å². The van der Waals surface area contributed by atoms with E-state index in [0.717, 1.165) is 68.7 Å². The van der Waals surface area contributed by atoms with E-state index in [9.17, 15) is 4.79 Å². The van der Waals surface area contributed by atoms with Gasteiger partial charge in [0.15, 0.2) is 6.29 Å². The molecule has 7 nitrogen and oxygen atoms in total. The van der Waals surface area contributed by atoms with Crippen molar-refractivity contribution >= 4 is 23.7 Å². The van der Waals surface area contributed by atoms with Gasteiger partial charge in [-0.1, -0.05) is 11.6 Å². The molecule has 1 aromatic carbocycles. The van der Waals surface area contributed by atoms with Crippen LogP contribution in [-0.2, 0) is 6.42 Å². The van der Waals surface area contributed by atoms with Gasteiger partial charge in [-0.15, -0.1) is 0 Å². The number of anilines is 1. The zero-order valence-electron chi connectivity index (χ0n) is 19.2. The number of pyridine rings is 1. The maximum Gasteiger partial charge on any atom is 0.151 e. The predicted molar refractivity (Wildman–Crippen MR) is 129 cm³/mol. The predicted octanol–water partition coefficient (Wildman–Crippen LogP) is 3.50. The van der Waals surface area contributed by atoms with Crippen LogP contribution in [0, 0.1) is 19.3 Å². The number of likely N-dealkylation sites (tertiary alicyclic amines) is 1. The number of aromatic nitrogens is 1. The summed E-state index contributed by atoms with van der Waals surface area (Å²) in [5.41, 5.74) is 11.4. The molecule has 2 aliphatic rings. The van der Waals surface area contributed by atoms with Crippen molar-refractivity contribution in [2.24, 2.45) is 17.0 Å². The highest BCUT2D eigenvalue weighted by Crippen LogP contribution is 2.50. The highest BCUT2D eigenvalue weighted by molar-refractivity contribution is 6.33. The van der Waals surface area contributed by atoms with Gasteiger partial charge in [-0.3, -0.25) is 4.79 Å². The van der Waals surface area contributed by atoms with Crippen LogP contribution >= 0.6 is 11.6 Å². The molecule has 174 valence electrons. The van der Waals surface area contributed by atoms with Gasteiger partial charge in [0, 0.05) is 35.8 Å². The monoisotopic (exact) mass is 459 g/mol. The van der Waals surface area contributed by atoms with Gasteiger partial charge in [0.05, 0.1) is 11.1 Å². The summed E-state index contributed by atoms with van der Waals surface area (Å²) in [6, 6.07) is 5.65. The number of rotatable bonds is 8. The Balaban J connectivity index is 0.00000141. The first-order valence-corrected chi connectivity index (χ1v) is 11.4. The van der Waals surface area contributed by atoms with Crippen molar-refractivity contribution in [2.45, 2.75) is 45.6 Å². The summed E-state index contributed by atoms with van der Waals surface area (Å²) in [4.78, 5) is 18.0. The molecule has 1 saturated carbocycles. The number of hydrazine groups is 1. The number of carbonyl (C=O) groups excluding carboxylic acids is 1. The smallest absolute Gasteiger partial charge is 0.151 e. The van der Waals surface area contributed by atoms with Crippen LogP contribution in [0.15, 0.2) is 24.4 Å². The molecular weight excluding hydrogens is 426 g/mol. The SMILES string of the molecule is CN.Cc1cnc(NN)cc1CCCN1CC2(CC(Oc3ccc(Cl)c(C=O)c3C)C2)C1. The number of ether oxygens (including phenoxy) is 1. The van der Waals surface area contributed by atoms with Crippen molar-refractivity contribution in [3.05, 3.63) is 51.7 Å². The number of halogens is 1. The second-order valence-electron chi connectivity index (χ2n) is 8.80. The molecule has 2 fully saturated rings. The Morgan fingerprint density at radius 3 is 2.69 bits per heavy atom. The van der Waals surface area contributed by atoms with Gasteiger partial charge in [-0.25, -0.2) is 10.8 Å². The molecule has 32 heavy (non-hydrogen) atoms. The fraction of sp³-hybridized carbons (Fsp3) is 0.500. The van der Waals surface area contributed by atoms with E-state index in [-0.39, 0.29) is 6.10 Å². The van der Waals surface area contributed by atoms with E-state index in [1.807, 2.05) is 25.3 Å². The Kier molecular flexibility index (Phi) is 8.11. The van der Waals surface area contributed by atoms with E-state index in [1.54, 1.807) is 6.07 Å². The lowest BCUT2D eigenvalue weighted by Crippen LogP contribution is -2.64. The summed E-state index contributed by atoms with van der Waals surface area (Å²) in [5.74, 6) is 6.96. The fourth-order valence-electron chi connectivity index (χ4n) is 4.84. The van der Waals surface area contributed by atoms with Crippen LogP contribution in [0.2, 0.25) is 5.02 Å². The maximum absolute atomic E-state index is 11.2. The third-order valence-corrected chi connectivity index (χ3v) is 6.88. The molecule has 1 aromatic heterocycles. The minimum atomic E-state index is 0.230. The largest absolute Gasteiger partial charge is 0.490 e. The minimum Gasteiger partial charge on any atom is -0.490 e. The number of nitrogens with zero attached hydrogens (tertiary/aromatic N) is 2. The Bertz CT molecular complexity index is 938. The van der Waals surface area contributed by atoms with E-state index >= 15 is 0 Å². The van der Waals surface area contributed by atoms with Gasteiger partial charge in [0.1, 0.15) is 11.6 Å². The van der Waals surface area contributed by atoms with Crippen molar-refractivity contribution < 1.29 is 9.53 Å². The summed E-state index contributed by atoms with van der Waals surface area (Å²) >= 11 is 6.08. The van der Waals surface area contributed by atoms with Crippen molar-refractivity contribution in [1.82, 2.24) is 9.88 Å². The van der Waals surface area contributed by atoms with Gasteiger partial charge >= 0.3 is 0 Å². The lowest BCUT2D eigenvalue weighted by molar-refractivity contribution is -0.119. The average Bonchev–Trinajstić information content (AvgIpc) is 2.75. The normalized spacial score (nSPS) is 17.1. The van der Waals surface area contributed by atoms with Crippen LogP contribution in [0.3, 0.4) is 0 Å². The molecule has 2 aromatic rings. The number of aryl methyl sites for hydroxylation is 2. The molecule has 2 heterocycles. The van der Waals surface area contributed by atoms with E-state index in [0.29, 0.717) is 16.0 Å². The van der Waals surface area contributed by atoms with Crippen molar-refractivity contribution in [3.8, 4) is 5.75 Å². The Morgan fingerprint density at radius 2 is 2.03 bits per heavy atom. The molecule has 5 N–H and O–H groups in total. The van der Waals surface area contributed by atoms with E-state index in [4.69, 9.17) is 22.2 Å². The molecule has 4 rings (SSSR count). The van der Waals surface area contributed by atoms with Gasteiger partial charge < -0.3 is 20.8 Å². The first-order chi connectivity index (χ1) is 15.4. The van der Waals surface area contributed by atoms with Gasteiger partial charge in [-0.2, -0.15) is 0 Å². The summed E-state index contributed by atoms with van der Waals surface area (Å²) < 4.78 is 6.16. The Morgan fingerprint density at radius 1 is 1.31 bits per heavy atom. The summed E-state index contributed by atoms with van der Waals surface area (Å²) in [6.07, 6.45) is 7.23. The molecule has 1 spiro atoms. The molecular formula is C24H34ClN5O2. The molecule has 1 aliphatic heterocycles. The first-order valence-electron chi connectivity index (χ1n) is 11.1. The molecule has 1 aliphatic carbocycles. The molecule has 8 heteroatoms. The number of hydrogen-bond donors (Lipinski definition) is 3. The van der Waals surface area contributed by atoms with Crippen LogP contribution < -0.4 is 21.7 Å². The Hall–Kier alpha value is -2.19. The highest BCUT2D eigenvalue weighted by Gasteiger charge is 2.53. The van der Waals surface area contributed by atoms with Crippen LogP contribution in [0.1, 0.15) is 46.3 Å². The average molecular weight is 460 g/mol. The second-order valence-corrected chi connectivity index (χ2v) is 9.21. The first kappa shape index (κ1) is 24.5. The molecule has 1 saturated heterocycles. The third kappa shape index (κ3) is 5.23. The zero-order valence-corrected chi connectivity index (χ0v) is 19.9. The third-order valence-electron chi connectivity index (χ3n) is 6.55. The molecule has 0 amide bonds. The van der Waals surface area contributed by atoms with Gasteiger partial charge in [0.25, 0.3) is 0 Å². The van der Waals surface area contributed by atoms with Crippen LogP contribution in [0.5, 0.6) is 5.75 Å². The van der Waals surface area contributed by atoms with Crippen LogP contribution in [0.4, 0.5) is 5.82 Å². The van der Waals surface area contributed by atoms with Crippen molar-refractivity contribution in [2.75, 3.05) is 32.1 Å². The van der Waals surface area contributed by atoms with Gasteiger partial charge in [-0.05, 0) is 82.4 Å². The zero-order chi connectivity index (χ0) is 23.3. The molecule has 0 radical (unpaired) electrons. The molecule has 0 atom stereocenters. The second kappa shape index (κ2) is 10.6. The number of hydrogen-bond acceptors (Lipinski definition) is 7. The summed E-state index contributed by atoms with van der Waals surface area (Å²) in [6.45, 7) is 7.39. The van der Waals surface area contributed by atoms with Crippen LogP contribution in [0.25, 0.3) is 0 Å². The molecule has 0 unspecified atom stereocenters. The van der Waals surface area contributed by atoms with Gasteiger partial charge in [0.2, 0.25) is 0 Å². The van der Waals surface area contributed by atoms with E-state index in [1.165, 1.54) is 18.2 Å². The Labute approximate surface area is 195 Å². The maximum atomic E-state index is 11.2. The number of carbonyl (C=O) groups is 1. The topological polar surface area (TPSA) is 106 Å². The number of nitrogens with two attached hydrogens (primary N) is 2. The molecule has 0 bridgehead atoms.